The number of carbonyl (C=O) groups excluding carboxylic acids is 3. The lowest BCUT2D eigenvalue weighted by Crippen LogP contribution is -2.59. The average Bonchev–Trinajstić information content (AvgIpc) is 3.64. The van der Waals surface area contributed by atoms with Crippen LogP contribution in [0, 0.1) is 5.92 Å². The molecule has 8 N–H and O–H groups in total. The molecule has 0 aliphatic carbocycles. The molecule has 5 atom stereocenters. The first-order valence-corrected chi connectivity index (χ1v) is 16.5. The molecule has 0 saturated carbocycles. The maximum Gasteiger partial charge on any atom is 0.326 e. The molecule has 2 aromatic carbocycles. The molecule has 3 amide bonds. The number of nitrogens with two attached hydrogens (primary N) is 1. The van der Waals surface area contributed by atoms with Crippen LogP contribution in [-0.4, -0.2) is 74.9 Å². The van der Waals surface area contributed by atoms with Gasteiger partial charge in [0, 0.05) is 40.6 Å². The Morgan fingerprint density at radius 2 is 1.38 bits per heavy atom. The van der Waals surface area contributed by atoms with Crippen LogP contribution in [0.5, 0.6) is 0 Å². The summed E-state index contributed by atoms with van der Waals surface area (Å²) in [5.74, 6) is -2.51. The molecular formula is C33H42N6O5S. The van der Waals surface area contributed by atoms with Gasteiger partial charge in [0.2, 0.25) is 17.7 Å². The zero-order valence-electron chi connectivity index (χ0n) is 25.8. The highest BCUT2D eigenvalue weighted by Crippen LogP contribution is 2.21. The van der Waals surface area contributed by atoms with E-state index in [0.717, 1.165) is 32.9 Å². The molecule has 45 heavy (non-hydrogen) atoms. The maximum absolute atomic E-state index is 13.6. The number of rotatable bonds is 16. The quantitative estimate of drug-likeness (QED) is 0.0988. The van der Waals surface area contributed by atoms with E-state index in [1.807, 2.05) is 74.8 Å². The lowest BCUT2D eigenvalue weighted by molar-refractivity contribution is -0.142. The molecule has 0 fully saturated rings. The first-order valence-electron chi connectivity index (χ1n) is 15.1. The molecule has 0 aliphatic heterocycles. The van der Waals surface area contributed by atoms with Crippen molar-refractivity contribution in [3.63, 3.8) is 0 Å². The predicted molar refractivity (Wildman–Crippen MR) is 178 cm³/mol. The Kier molecular flexibility index (Phi) is 11.7. The van der Waals surface area contributed by atoms with Crippen molar-refractivity contribution in [2.24, 2.45) is 11.7 Å². The molecular weight excluding hydrogens is 592 g/mol. The Morgan fingerprint density at radius 3 is 1.93 bits per heavy atom. The second kappa shape index (κ2) is 15.6. The van der Waals surface area contributed by atoms with Crippen LogP contribution in [0.4, 0.5) is 0 Å². The van der Waals surface area contributed by atoms with Gasteiger partial charge in [0.25, 0.3) is 0 Å². The van der Waals surface area contributed by atoms with Gasteiger partial charge >= 0.3 is 5.97 Å². The second-order valence-electron chi connectivity index (χ2n) is 11.3. The third-order valence-corrected chi connectivity index (χ3v) is 8.85. The lowest BCUT2D eigenvalue weighted by Gasteiger charge is -2.28. The fourth-order valence-corrected chi connectivity index (χ4v) is 5.82. The Hall–Kier alpha value is -4.29. The van der Waals surface area contributed by atoms with E-state index >= 15 is 0 Å². The molecule has 5 unspecified atom stereocenters. The standard InChI is InChI=1S/C33H42N6O5S/c1-4-19(2)29(32(42)38-28(33(43)44)16-21-18-36-26-12-8-6-10-23(21)26)39-31(41)27(13-14-45-3)37-30(40)24(34)15-20-17-35-25-11-7-5-9-22(20)25/h5-12,17-19,24,27-29,35-36H,4,13-16,34H2,1-3H3,(H,37,40)(H,38,42)(H,39,41)(H,43,44). The van der Waals surface area contributed by atoms with E-state index < -0.39 is 47.9 Å². The molecule has 11 nitrogen and oxygen atoms in total. The molecule has 240 valence electrons. The van der Waals surface area contributed by atoms with Gasteiger partial charge in [-0.3, -0.25) is 14.4 Å². The SMILES string of the molecule is CCC(C)C(NC(=O)C(CCSC)NC(=O)C(N)Cc1c[nH]c2ccccc12)C(=O)NC(Cc1c[nH]c2ccccc12)C(=O)O. The van der Waals surface area contributed by atoms with Gasteiger partial charge in [-0.1, -0.05) is 56.7 Å². The fraction of sp³-hybridized carbons (Fsp3) is 0.394. The van der Waals surface area contributed by atoms with Gasteiger partial charge in [-0.15, -0.1) is 0 Å². The fourth-order valence-electron chi connectivity index (χ4n) is 5.35. The summed E-state index contributed by atoms with van der Waals surface area (Å²) < 4.78 is 0. The molecule has 0 bridgehead atoms. The summed E-state index contributed by atoms with van der Waals surface area (Å²) in [5.41, 5.74) is 9.75. The summed E-state index contributed by atoms with van der Waals surface area (Å²) in [5, 5.41) is 20.0. The van der Waals surface area contributed by atoms with Crippen LogP contribution in [0.3, 0.4) is 0 Å². The highest BCUT2D eigenvalue weighted by atomic mass is 32.2. The van der Waals surface area contributed by atoms with E-state index in [9.17, 15) is 24.3 Å². The van der Waals surface area contributed by atoms with Crippen molar-refractivity contribution >= 4 is 57.3 Å². The maximum atomic E-state index is 13.6. The van der Waals surface area contributed by atoms with Crippen LogP contribution in [0.25, 0.3) is 21.8 Å². The molecule has 0 spiro atoms. The minimum atomic E-state index is -1.21. The zero-order chi connectivity index (χ0) is 32.5. The summed E-state index contributed by atoms with van der Waals surface area (Å²) in [6, 6.07) is 11.2. The Balaban J connectivity index is 1.44. The normalized spacial score (nSPS) is 14.8. The molecule has 2 aromatic heterocycles. The van der Waals surface area contributed by atoms with Crippen molar-refractivity contribution in [1.82, 2.24) is 25.9 Å². The average molecular weight is 635 g/mol. The number of carboxylic acids is 1. The molecule has 0 radical (unpaired) electrons. The molecule has 12 heteroatoms. The second-order valence-corrected chi connectivity index (χ2v) is 12.3. The Bertz CT molecular complexity index is 1630. The number of nitrogens with one attached hydrogen (secondary N) is 5. The first-order chi connectivity index (χ1) is 21.6. The molecule has 0 aliphatic rings. The van der Waals surface area contributed by atoms with Gasteiger partial charge in [0.1, 0.15) is 18.1 Å². The number of thioether (sulfide) groups is 1. The van der Waals surface area contributed by atoms with Crippen LogP contribution in [-0.2, 0) is 32.0 Å². The van der Waals surface area contributed by atoms with E-state index in [1.165, 1.54) is 11.8 Å². The summed E-state index contributed by atoms with van der Waals surface area (Å²) in [6.45, 7) is 3.70. The van der Waals surface area contributed by atoms with E-state index in [1.54, 1.807) is 6.20 Å². The van der Waals surface area contributed by atoms with Crippen molar-refractivity contribution in [2.75, 3.05) is 12.0 Å². The Labute approximate surface area is 266 Å². The molecule has 4 aromatic rings. The zero-order valence-corrected chi connectivity index (χ0v) is 26.6. The van der Waals surface area contributed by atoms with E-state index in [-0.39, 0.29) is 18.8 Å². The number of benzene rings is 2. The van der Waals surface area contributed by atoms with Crippen molar-refractivity contribution in [1.29, 1.82) is 0 Å². The molecule has 2 heterocycles. The molecule has 0 saturated heterocycles. The highest BCUT2D eigenvalue weighted by molar-refractivity contribution is 7.98. The number of carboxylic acid groups (broad SMARTS) is 1. The first kappa shape index (κ1) is 33.6. The minimum absolute atomic E-state index is 0.0625. The summed E-state index contributed by atoms with van der Waals surface area (Å²) in [4.78, 5) is 58.8. The number of aromatic amines is 2. The number of amides is 3. The summed E-state index contributed by atoms with van der Waals surface area (Å²) in [6.07, 6.45) is 6.68. The van der Waals surface area contributed by atoms with Gasteiger partial charge < -0.3 is 36.8 Å². The number of aromatic nitrogens is 2. The van der Waals surface area contributed by atoms with Crippen LogP contribution in [0.15, 0.2) is 60.9 Å². The summed E-state index contributed by atoms with van der Waals surface area (Å²) in [7, 11) is 0. The number of hydrogen-bond donors (Lipinski definition) is 7. The smallest absolute Gasteiger partial charge is 0.326 e. The van der Waals surface area contributed by atoms with Gasteiger partial charge in [0.15, 0.2) is 0 Å². The number of H-pyrrole nitrogens is 2. The van der Waals surface area contributed by atoms with Crippen LogP contribution in [0.2, 0.25) is 0 Å². The van der Waals surface area contributed by atoms with E-state index in [2.05, 4.69) is 25.9 Å². The van der Waals surface area contributed by atoms with Gasteiger partial charge in [0.05, 0.1) is 6.04 Å². The van der Waals surface area contributed by atoms with Gasteiger partial charge in [-0.25, -0.2) is 4.79 Å². The number of carbonyl (C=O) groups is 4. The minimum Gasteiger partial charge on any atom is -0.480 e. The van der Waals surface area contributed by atoms with Crippen molar-refractivity contribution in [3.8, 4) is 0 Å². The number of fused-ring (bicyclic) bond motifs is 2. The van der Waals surface area contributed by atoms with Crippen LogP contribution >= 0.6 is 11.8 Å². The van der Waals surface area contributed by atoms with Crippen LogP contribution in [0.1, 0.15) is 37.8 Å². The number of hydrogen-bond acceptors (Lipinski definition) is 6. The summed E-state index contributed by atoms with van der Waals surface area (Å²) >= 11 is 1.52. The van der Waals surface area contributed by atoms with Crippen molar-refractivity contribution in [3.05, 3.63) is 72.1 Å². The third kappa shape index (κ3) is 8.46. The Morgan fingerprint density at radius 1 is 0.822 bits per heavy atom. The van der Waals surface area contributed by atoms with Crippen molar-refractivity contribution < 1.29 is 24.3 Å². The number of para-hydroxylation sites is 2. The molecule has 4 rings (SSSR count). The lowest BCUT2D eigenvalue weighted by atomic mass is 9.96. The topological polar surface area (TPSA) is 182 Å². The number of aliphatic carboxylic acids is 1. The van der Waals surface area contributed by atoms with Crippen molar-refractivity contribution in [2.45, 2.75) is 63.7 Å². The van der Waals surface area contributed by atoms with E-state index in [4.69, 9.17) is 5.73 Å². The third-order valence-electron chi connectivity index (χ3n) is 8.20. The van der Waals surface area contributed by atoms with Gasteiger partial charge in [-0.2, -0.15) is 11.8 Å². The monoisotopic (exact) mass is 634 g/mol. The van der Waals surface area contributed by atoms with Crippen LogP contribution < -0.4 is 21.7 Å². The predicted octanol–water partition coefficient (Wildman–Crippen LogP) is 3.10. The highest BCUT2D eigenvalue weighted by Gasteiger charge is 2.33. The largest absolute Gasteiger partial charge is 0.480 e. The van der Waals surface area contributed by atoms with Gasteiger partial charge in [-0.05, 0) is 54.0 Å². The van der Waals surface area contributed by atoms with E-state index in [0.29, 0.717) is 18.6 Å².